The molecule has 0 bridgehead atoms. The highest BCUT2D eigenvalue weighted by Crippen LogP contribution is 2.31. The smallest absolute Gasteiger partial charge is 0.257 e. The number of fused-ring (bicyclic) bond motifs is 1. The molecule has 0 saturated carbocycles. The summed E-state index contributed by atoms with van der Waals surface area (Å²) >= 11 is 1.47. The van der Waals surface area contributed by atoms with Crippen LogP contribution < -0.4 is 5.32 Å². The predicted octanol–water partition coefficient (Wildman–Crippen LogP) is 4.04. The number of nitrogens with zero attached hydrogens (tertiary/aromatic N) is 2. The van der Waals surface area contributed by atoms with Crippen LogP contribution in [0.3, 0.4) is 0 Å². The maximum Gasteiger partial charge on any atom is 0.257 e. The van der Waals surface area contributed by atoms with E-state index < -0.39 is 0 Å². The maximum absolute atomic E-state index is 12.2. The number of anilines is 1. The van der Waals surface area contributed by atoms with Gasteiger partial charge in [0.15, 0.2) is 5.13 Å². The number of hydrogen-bond acceptors (Lipinski definition) is 4. The van der Waals surface area contributed by atoms with E-state index in [-0.39, 0.29) is 5.91 Å². The number of thiazole rings is 1. The SMILES string of the molecule is Cc1ccc(C)c2sc(NC(=O)c3ccc(C#N)cc3)nc12. The summed E-state index contributed by atoms with van der Waals surface area (Å²) in [6, 6.07) is 12.6. The molecule has 1 amide bonds. The molecule has 0 spiro atoms. The van der Waals surface area contributed by atoms with Crippen LogP contribution in [0.5, 0.6) is 0 Å². The van der Waals surface area contributed by atoms with E-state index in [9.17, 15) is 4.79 Å². The van der Waals surface area contributed by atoms with E-state index in [1.807, 2.05) is 26.0 Å². The second kappa shape index (κ2) is 5.58. The highest BCUT2D eigenvalue weighted by atomic mass is 32.1. The number of nitrogens with one attached hydrogen (secondary N) is 1. The van der Waals surface area contributed by atoms with Gasteiger partial charge in [0.25, 0.3) is 5.91 Å². The fourth-order valence-electron chi connectivity index (χ4n) is 2.18. The van der Waals surface area contributed by atoms with Crippen LogP contribution in [-0.2, 0) is 0 Å². The van der Waals surface area contributed by atoms with Crippen molar-refractivity contribution in [1.29, 1.82) is 5.26 Å². The Morgan fingerprint density at radius 1 is 1.14 bits per heavy atom. The van der Waals surface area contributed by atoms with Crippen LogP contribution in [0.25, 0.3) is 10.2 Å². The molecule has 1 N–H and O–H groups in total. The summed E-state index contributed by atoms with van der Waals surface area (Å²) in [6.45, 7) is 4.04. The second-order valence-electron chi connectivity index (χ2n) is 5.04. The Labute approximate surface area is 132 Å². The quantitative estimate of drug-likeness (QED) is 0.777. The number of aryl methyl sites for hydroxylation is 2. The highest BCUT2D eigenvalue weighted by Gasteiger charge is 2.12. The van der Waals surface area contributed by atoms with Gasteiger partial charge in [-0.1, -0.05) is 23.5 Å². The van der Waals surface area contributed by atoms with E-state index in [1.165, 1.54) is 11.3 Å². The number of rotatable bonds is 2. The van der Waals surface area contributed by atoms with Gasteiger partial charge in [0, 0.05) is 5.56 Å². The fourth-order valence-corrected chi connectivity index (χ4v) is 3.18. The molecule has 1 aromatic heterocycles. The number of nitriles is 1. The van der Waals surface area contributed by atoms with Crippen molar-refractivity contribution in [3.63, 3.8) is 0 Å². The Bertz CT molecular complexity index is 865. The van der Waals surface area contributed by atoms with E-state index in [1.54, 1.807) is 24.3 Å². The third-order valence-corrected chi connectivity index (χ3v) is 4.54. The largest absolute Gasteiger partial charge is 0.298 e. The number of benzene rings is 2. The number of hydrogen-bond donors (Lipinski definition) is 1. The lowest BCUT2D eigenvalue weighted by Gasteiger charge is -2.01. The molecule has 5 heteroatoms. The summed E-state index contributed by atoms with van der Waals surface area (Å²) in [5, 5.41) is 12.2. The first-order valence-corrected chi connectivity index (χ1v) is 7.58. The van der Waals surface area contributed by atoms with E-state index in [0.29, 0.717) is 16.3 Å². The first-order chi connectivity index (χ1) is 10.6. The number of carbonyl (C=O) groups excluding carboxylic acids is 1. The molecule has 0 unspecified atom stereocenters. The topological polar surface area (TPSA) is 65.8 Å². The monoisotopic (exact) mass is 307 g/mol. The second-order valence-corrected chi connectivity index (χ2v) is 6.04. The van der Waals surface area contributed by atoms with Gasteiger partial charge >= 0.3 is 0 Å². The Kier molecular flexibility index (Phi) is 3.61. The van der Waals surface area contributed by atoms with Gasteiger partial charge in [-0.15, -0.1) is 0 Å². The van der Waals surface area contributed by atoms with Crippen LogP contribution in [0.2, 0.25) is 0 Å². The highest BCUT2D eigenvalue weighted by molar-refractivity contribution is 7.22. The first-order valence-electron chi connectivity index (χ1n) is 6.77. The summed E-state index contributed by atoms with van der Waals surface area (Å²) in [5.74, 6) is -0.223. The predicted molar refractivity (Wildman–Crippen MR) is 88.2 cm³/mol. The third kappa shape index (κ3) is 2.57. The third-order valence-electron chi connectivity index (χ3n) is 3.44. The van der Waals surface area contributed by atoms with E-state index in [0.717, 1.165) is 21.3 Å². The molecule has 3 rings (SSSR count). The van der Waals surface area contributed by atoms with Gasteiger partial charge in [-0.3, -0.25) is 10.1 Å². The number of aromatic nitrogens is 1. The zero-order chi connectivity index (χ0) is 15.7. The van der Waals surface area contributed by atoms with Crippen molar-refractivity contribution >= 4 is 32.6 Å². The molecule has 0 aliphatic heterocycles. The Hall–Kier alpha value is -2.71. The van der Waals surface area contributed by atoms with Crippen molar-refractivity contribution in [2.45, 2.75) is 13.8 Å². The molecule has 22 heavy (non-hydrogen) atoms. The average Bonchev–Trinajstić information content (AvgIpc) is 2.96. The van der Waals surface area contributed by atoms with Crippen molar-refractivity contribution in [1.82, 2.24) is 4.98 Å². The molecule has 0 fully saturated rings. The van der Waals surface area contributed by atoms with E-state index in [4.69, 9.17) is 5.26 Å². The lowest BCUT2D eigenvalue weighted by atomic mass is 10.1. The van der Waals surface area contributed by atoms with Crippen molar-refractivity contribution in [3.05, 3.63) is 58.7 Å². The molecule has 4 nitrogen and oxygen atoms in total. The van der Waals surface area contributed by atoms with Gasteiger partial charge in [-0.2, -0.15) is 5.26 Å². The van der Waals surface area contributed by atoms with Gasteiger partial charge in [0.05, 0.1) is 21.8 Å². The van der Waals surface area contributed by atoms with Gasteiger partial charge in [0.1, 0.15) is 0 Å². The van der Waals surface area contributed by atoms with Crippen LogP contribution in [0.1, 0.15) is 27.0 Å². The van der Waals surface area contributed by atoms with Crippen molar-refractivity contribution in [2.24, 2.45) is 0 Å². The van der Waals surface area contributed by atoms with E-state index in [2.05, 4.69) is 16.4 Å². The van der Waals surface area contributed by atoms with Crippen LogP contribution in [0.4, 0.5) is 5.13 Å². The molecule has 0 saturated heterocycles. The standard InChI is InChI=1S/C17H13N3OS/c1-10-3-4-11(2)15-14(10)19-17(22-15)20-16(21)13-7-5-12(9-18)6-8-13/h3-8H,1-2H3,(H,19,20,21). The molecule has 0 aliphatic rings. The minimum atomic E-state index is -0.223. The maximum atomic E-state index is 12.2. The van der Waals surface area contributed by atoms with Gasteiger partial charge in [-0.05, 0) is 49.2 Å². The number of amides is 1. The first kappa shape index (κ1) is 14.2. The van der Waals surface area contributed by atoms with Crippen LogP contribution in [-0.4, -0.2) is 10.9 Å². The molecule has 0 radical (unpaired) electrons. The fraction of sp³-hybridized carbons (Fsp3) is 0.118. The van der Waals surface area contributed by atoms with Gasteiger partial charge < -0.3 is 0 Å². The molecule has 3 aromatic rings. The van der Waals surface area contributed by atoms with Crippen molar-refractivity contribution < 1.29 is 4.79 Å². The zero-order valence-electron chi connectivity index (χ0n) is 12.2. The zero-order valence-corrected chi connectivity index (χ0v) is 13.0. The van der Waals surface area contributed by atoms with Crippen LogP contribution >= 0.6 is 11.3 Å². The summed E-state index contributed by atoms with van der Waals surface area (Å²) < 4.78 is 1.09. The van der Waals surface area contributed by atoms with Gasteiger partial charge in [0.2, 0.25) is 0 Å². The molecule has 108 valence electrons. The van der Waals surface area contributed by atoms with E-state index >= 15 is 0 Å². The lowest BCUT2D eigenvalue weighted by molar-refractivity contribution is 0.102. The average molecular weight is 307 g/mol. The Balaban J connectivity index is 1.89. The lowest BCUT2D eigenvalue weighted by Crippen LogP contribution is -2.11. The summed E-state index contributed by atoms with van der Waals surface area (Å²) in [6.07, 6.45) is 0. The van der Waals surface area contributed by atoms with Gasteiger partial charge in [-0.25, -0.2) is 4.98 Å². The van der Waals surface area contributed by atoms with Crippen LogP contribution in [0, 0.1) is 25.2 Å². The Morgan fingerprint density at radius 2 is 1.82 bits per heavy atom. The number of carbonyl (C=O) groups is 1. The summed E-state index contributed by atoms with van der Waals surface area (Å²) in [4.78, 5) is 16.7. The summed E-state index contributed by atoms with van der Waals surface area (Å²) in [5.41, 5.74) is 4.21. The summed E-state index contributed by atoms with van der Waals surface area (Å²) in [7, 11) is 0. The minimum absolute atomic E-state index is 0.223. The normalized spacial score (nSPS) is 10.4. The molecule has 0 aliphatic carbocycles. The molecule has 1 heterocycles. The molecule has 0 atom stereocenters. The molecular weight excluding hydrogens is 294 g/mol. The van der Waals surface area contributed by atoms with Crippen molar-refractivity contribution in [2.75, 3.05) is 5.32 Å². The Morgan fingerprint density at radius 3 is 2.45 bits per heavy atom. The molecular formula is C17H13N3OS. The van der Waals surface area contributed by atoms with Crippen LogP contribution in [0.15, 0.2) is 36.4 Å². The van der Waals surface area contributed by atoms with Crippen molar-refractivity contribution in [3.8, 4) is 6.07 Å². The minimum Gasteiger partial charge on any atom is -0.298 e. The molecule has 2 aromatic carbocycles.